The van der Waals surface area contributed by atoms with E-state index in [0.29, 0.717) is 39.6 Å². The van der Waals surface area contributed by atoms with Gasteiger partial charge in [-0.15, -0.1) is 0 Å². The van der Waals surface area contributed by atoms with Crippen LogP contribution in [0.1, 0.15) is 6.42 Å². The molecule has 0 aromatic rings. The Labute approximate surface area is 116 Å². The summed E-state index contributed by atoms with van der Waals surface area (Å²) in [5.74, 6) is 0. The molecule has 0 atom stereocenters. The van der Waals surface area contributed by atoms with E-state index in [1.54, 1.807) is 0 Å². The molecule has 114 valence electrons. The van der Waals surface area contributed by atoms with Crippen LogP contribution in [0.25, 0.3) is 0 Å². The lowest BCUT2D eigenvalue weighted by molar-refractivity contribution is 0.0457. The molecule has 1 heterocycles. The summed E-state index contributed by atoms with van der Waals surface area (Å²) < 4.78 is 21.8. The average Bonchev–Trinajstić information content (AvgIpc) is 2.43. The molecule has 6 heteroatoms. The quantitative estimate of drug-likeness (QED) is 0.630. The predicted octanol–water partition coefficient (Wildman–Crippen LogP) is -0.364. The third-order valence-corrected chi connectivity index (χ3v) is 2.66. The van der Waals surface area contributed by atoms with Gasteiger partial charge in [0.1, 0.15) is 0 Å². The van der Waals surface area contributed by atoms with E-state index in [2.05, 4.69) is 10.6 Å². The van der Waals surface area contributed by atoms with Gasteiger partial charge < -0.3 is 29.6 Å². The molecule has 1 aliphatic heterocycles. The molecule has 6 nitrogen and oxygen atoms in total. The van der Waals surface area contributed by atoms with Crippen molar-refractivity contribution in [1.82, 2.24) is 10.6 Å². The van der Waals surface area contributed by atoms with E-state index in [4.69, 9.17) is 18.9 Å². The summed E-state index contributed by atoms with van der Waals surface area (Å²) in [4.78, 5) is 0. The van der Waals surface area contributed by atoms with Crippen LogP contribution in [-0.2, 0) is 18.9 Å². The van der Waals surface area contributed by atoms with Crippen molar-refractivity contribution in [3.8, 4) is 0 Å². The lowest BCUT2D eigenvalue weighted by Crippen LogP contribution is -2.25. The molecular weight excluding hydrogens is 248 g/mol. The summed E-state index contributed by atoms with van der Waals surface area (Å²) >= 11 is 0. The van der Waals surface area contributed by atoms with Crippen molar-refractivity contribution in [2.24, 2.45) is 0 Å². The topological polar surface area (TPSA) is 61.0 Å². The molecule has 0 aliphatic carbocycles. The standard InChI is InChI=1S/C13H28N2O4/c1-2-14-3-7-17-12-13-19-9-5-15-4-8-18-11-10-16-6-1/h14-15H,1-13H2. The van der Waals surface area contributed by atoms with Crippen LogP contribution in [0.5, 0.6) is 0 Å². The Bertz CT molecular complexity index is 103. The number of hydrogen-bond donors (Lipinski definition) is 2. The molecule has 19 heavy (non-hydrogen) atoms. The molecule has 1 rings (SSSR count). The fourth-order valence-corrected chi connectivity index (χ4v) is 1.63. The smallest absolute Gasteiger partial charge is 0.0701 e. The van der Waals surface area contributed by atoms with Gasteiger partial charge in [-0.3, -0.25) is 0 Å². The molecule has 0 radical (unpaired) electrons. The SMILES string of the molecule is C1CNCCOCCOCCNCCOCCOC1. The minimum Gasteiger partial charge on any atom is -0.379 e. The Morgan fingerprint density at radius 2 is 0.842 bits per heavy atom. The number of ether oxygens (including phenoxy) is 4. The van der Waals surface area contributed by atoms with E-state index in [1.807, 2.05) is 0 Å². The second-order valence-corrected chi connectivity index (χ2v) is 4.30. The van der Waals surface area contributed by atoms with E-state index in [1.165, 1.54) is 0 Å². The summed E-state index contributed by atoms with van der Waals surface area (Å²) in [6, 6.07) is 0. The molecule has 1 fully saturated rings. The van der Waals surface area contributed by atoms with Gasteiger partial charge in [0.25, 0.3) is 0 Å². The molecule has 0 spiro atoms. The maximum absolute atomic E-state index is 5.46. The Morgan fingerprint density at radius 1 is 0.421 bits per heavy atom. The van der Waals surface area contributed by atoms with Gasteiger partial charge in [-0.25, -0.2) is 0 Å². The van der Waals surface area contributed by atoms with Gasteiger partial charge in [-0.1, -0.05) is 0 Å². The highest BCUT2D eigenvalue weighted by atomic mass is 16.5. The lowest BCUT2D eigenvalue weighted by atomic mass is 10.4. The molecule has 0 unspecified atom stereocenters. The summed E-state index contributed by atoms with van der Waals surface area (Å²) in [5, 5.41) is 6.57. The first-order valence-electron chi connectivity index (χ1n) is 7.22. The first-order chi connectivity index (χ1) is 9.50. The first-order valence-corrected chi connectivity index (χ1v) is 7.22. The fraction of sp³-hybridized carbons (Fsp3) is 1.00. The molecule has 0 saturated carbocycles. The largest absolute Gasteiger partial charge is 0.379 e. The van der Waals surface area contributed by atoms with E-state index in [9.17, 15) is 0 Å². The molecule has 0 aromatic heterocycles. The highest BCUT2D eigenvalue weighted by Crippen LogP contribution is 1.84. The van der Waals surface area contributed by atoms with Crippen LogP contribution < -0.4 is 10.6 Å². The monoisotopic (exact) mass is 276 g/mol. The minimum atomic E-state index is 0.659. The fourth-order valence-electron chi connectivity index (χ4n) is 1.63. The Balaban J connectivity index is 2.01. The van der Waals surface area contributed by atoms with Crippen LogP contribution in [0.3, 0.4) is 0 Å². The Morgan fingerprint density at radius 3 is 1.37 bits per heavy atom. The summed E-state index contributed by atoms with van der Waals surface area (Å²) in [6.07, 6.45) is 1.02. The van der Waals surface area contributed by atoms with Crippen molar-refractivity contribution >= 4 is 0 Å². The Kier molecular flexibility index (Phi) is 12.5. The zero-order chi connectivity index (χ0) is 13.4. The zero-order valence-corrected chi connectivity index (χ0v) is 11.8. The van der Waals surface area contributed by atoms with Gasteiger partial charge >= 0.3 is 0 Å². The predicted molar refractivity (Wildman–Crippen MR) is 73.6 cm³/mol. The molecule has 0 aromatic carbocycles. The van der Waals surface area contributed by atoms with Gasteiger partial charge in [-0.2, -0.15) is 0 Å². The van der Waals surface area contributed by atoms with Gasteiger partial charge in [0.15, 0.2) is 0 Å². The summed E-state index contributed by atoms with van der Waals surface area (Å²) in [5.41, 5.74) is 0. The van der Waals surface area contributed by atoms with Crippen LogP contribution >= 0.6 is 0 Å². The summed E-state index contributed by atoms with van der Waals surface area (Å²) in [6.45, 7) is 9.14. The summed E-state index contributed by atoms with van der Waals surface area (Å²) in [7, 11) is 0. The van der Waals surface area contributed by atoms with Crippen molar-refractivity contribution in [1.29, 1.82) is 0 Å². The third kappa shape index (κ3) is 12.5. The maximum atomic E-state index is 5.46. The molecule has 2 N–H and O–H groups in total. The van der Waals surface area contributed by atoms with Crippen LogP contribution in [0.4, 0.5) is 0 Å². The van der Waals surface area contributed by atoms with Crippen molar-refractivity contribution < 1.29 is 18.9 Å². The molecule has 0 amide bonds. The zero-order valence-electron chi connectivity index (χ0n) is 11.8. The maximum Gasteiger partial charge on any atom is 0.0701 e. The van der Waals surface area contributed by atoms with E-state index in [-0.39, 0.29) is 0 Å². The molecule has 0 bridgehead atoms. The number of hydrogen-bond acceptors (Lipinski definition) is 6. The second kappa shape index (κ2) is 14.2. The highest BCUT2D eigenvalue weighted by Gasteiger charge is 1.94. The lowest BCUT2D eigenvalue weighted by Gasteiger charge is -2.07. The first kappa shape index (κ1) is 16.8. The third-order valence-electron chi connectivity index (χ3n) is 2.66. The average molecular weight is 276 g/mol. The van der Waals surface area contributed by atoms with Gasteiger partial charge in [0.05, 0.1) is 46.2 Å². The second-order valence-electron chi connectivity index (χ2n) is 4.30. The van der Waals surface area contributed by atoms with Crippen molar-refractivity contribution in [2.45, 2.75) is 6.42 Å². The van der Waals surface area contributed by atoms with E-state index in [0.717, 1.165) is 45.8 Å². The van der Waals surface area contributed by atoms with Crippen LogP contribution in [0, 0.1) is 0 Å². The van der Waals surface area contributed by atoms with Crippen LogP contribution in [0.15, 0.2) is 0 Å². The highest BCUT2D eigenvalue weighted by molar-refractivity contribution is 4.48. The van der Waals surface area contributed by atoms with E-state index >= 15 is 0 Å². The van der Waals surface area contributed by atoms with E-state index < -0.39 is 0 Å². The Hall–Kier alpha value is -0.240. The van der Waals surface area contributed by atoms with Crippen molar-refractivity contribution in [3.05, 3.63) is 0 Å². The van der Waals surface area contributed by atoms with Crippen LogP contribution in [0.2, 0.25) is 0 Å². The normalized spacial score (nSPS) is 24.0. The van der Waals surface area contributed by atoms with Crippen molar-refractivity contribution in [3.63, 3.8) is 0 Å². The van der Waals surface area contributed by atoms with Gasteiger partial charge in [0.2, 0.25) is 0 Å². The van der Waals surface area contributed by atoms with Gasteiger partial charge in [-0.05, 0) is 13.0 Å². The van der Waals surface area contributed by atoms with Crippen molar-refractivity contribution in [2.75, 3.05) is 79.0 Å². The molecule has 1 aliphatic rings. The molecule has 1 saturated heterocycles. The number of rotatable bonds is 0. The number of nitrogens with one attached hydrogen (secondary N) is 2. The van der Waals surface area contributed by atoms with Crippen LogP contribution in [-0.4, -0.2) is 79.0 Å². The molecular formula is C13H28N2O4. The minimum absolute atomic E-state index is 0.659. The van der Waals surface area contributed by atoms with Gasteiger partial charge in [0, 0.05) is 26.2 Å².